The maximum absolute atomic E-state index is 13.2. The van der Waals surface area contributed by atoms with Gasteiger partial charge in [0.05, 0.1) is 11.8 Å². The van der Waals surface area contributed by atoms with Crippen LogP contribution in [0.3, 0.4) is 0 Å². The van der Waals surface area contributed by atoms with E-state index in [0.717, 1.165) is 62.9 Å². The highest BCUT2D eigenvalue weighted by molar-refractivity contribution is 7.87. The van der Waals surface area contributed by atoms with Crippen molar-refractivity contribution in [1.82, 2.24) is 9.03 Å². The van der Waals surface area contributed by atoms with Crippen molar-refractivity contribution in [3.8, 4) is 5.75 Å². The number of carbonyl (C=O) groups is 1. The third-order valence-electron chi connectivity index (χ3n) is 8.73. The lowest BCUT2D eigenvalue weighted by Crippen LogP contribution is -2.45. The Labute approximate surface area is 242 Å². The van der Waals surface area contributed by atoms with Gasteiger partial charge in [0.2, 0.25) is 0 Å². The van der Waals surface area contributed by atoms with Gasteiger partial charge in [0.15, 0.2) is 0 Å². The van der Waals surface area contributed by atoms with Crippen LogP contribution in [0.2, 0.25) is 5.02 Å². The summed E-state index contributed by atoms with van der Waals surface area (Å²) in [6.45, 7) is 4.20. The predicted octanol–water partition coefficient (Wildman–Crippen LogP) is 4.93. The summed E-state index contributed by atoms with van der Waals surface area (Å²) in [5, 5.41) is 11.7. The van der Waals surface area contributed by atoms with E-state index in [1.54, 1.807) is 25.1 Å². The smallest absolute Gasteiger partial charge is 0.304 e. The van der Waals surface area contributed by atoms with E-state index >= 15 is 0 Å². The molecule has 2 aromatic carbocycles. The minimum absolute atomic E-state index is 0.222. The first-order valence-electron chi connectivity index (χ1n) is 14.5. The number of aliphatic hydroxyl groups is 1. The van der Waals surface area contributed by atoms with Gasteiger partial charge in [-0.05, 0) is 105 Å². The number of nitrogens with one attached hydrogen (secondary N) is 1. The number of hydrogen-bond donors (Lipinski definition) is 2. The Balaban J connectivity index is 1.52. The van der Waals surface area contributed by atoms with Crippen molar-refractivity contribution in [1.29, 1.82) is 0 Å². The van der Waals surface area contributed by atoms with Crippen molar-refractivity contribution in [2.24, 2.45) is 11.8 Å². The Morgan fingerprint density at radius 1 is 1.02 bits per heavy atom. The fourth-order valence-electron chi connectivity index (χ4n) is 6.24. The summed E-state index contributed by atoms with van der Waals surface area (Å²) in [4.78, 5) is 15.5. The van der Waals surface area contributed by atoms with Crippen molar-refractivity contribution < 1.29 is 23.1 Å². The van der Waals surface area contributed by atoms with E-state index in [-0.39, 0.29) is 18.0 Å². The van der Waals surface area contributed by atoms with Crippen LogP contribution in [-0.2, 0) is 23.2 Å². The molecule has 218 valence electrons. The molecule has 1 unspecified atom stereocenters. The Bertz CT molecular complexity index is 1320. The number of ether oxygens (including phenoxy) is 1. The van der Waals surface area contributed by atoms with E-state index in [9.17, 15) is 18.3 Å². The average Bonchev–Trinajstić information content (AvgIpc) is 2.93. The fourth-order valence-corrected chi connectivity index (χ4v) is 7.62. The van der Waals surface area contributed by atoms with E-state index < -0.39 is 22.2 Å². The van der Waals surface area contributed by atoms with E-state index in [2.05, 4.69) is 9.62 Å². The highest BCUT2D eigenvalue weighted by Crippen LogP contribution is 2.41. The van der Waals surface area contributed by atoms with Gasteiger partial charge in [0.1, 0.15) is 12.4 Å². The Kier molecular flexibility index (Phi) is 9.24. The second kappa shape index (κ2) is 12.7. The molecule has 1 amide bonds. The van der Waals surface area contributed by atoms with E-state index in [1.807, 2.05) is 18.2 Å². The van der Waals surface area contributed by atoms with Gasteiger partial charge < -0.3 is 14.7 Å². The number of fused-ring (bicyclic) bond motifs is 3. The van der Waals surface area contributed by atoms with Gasteiger partial charge in [-0.2, -0.15) is 12.7 Å². The second-order valence-corrected chi connectivity index (χ2v) is 13.4. The van der Waals surface area contributed by atoms with E-state index in [1.165, 1.54) is 9.87 Å². The molecular formula is C30H40ClN3O5S. The molecule has 2 bridgehead atoms. The quantitative estimate of drug-likeness (QED) is 0.489. The topological polar surface area (TPSA) is 99.2 Å². The van der Waals surface area contributed by atoms with Gasteiger partial charge in [-0.1, -0.05) is 24.6 Å². The molecule has 1 saturated carbocycles. The first-order chi connectivity index (χ1) is 19.2. The zero-order chi connectivity index (χ0) is 28.3. The van der Waals surface area contributed by atoms with Gasteiger partial charge in [0, 0.05) is 36.8 Å². The number of rotatable bonds is 1. The maximum Gasteiger partial charge on any atom is 0.304 e. The van der Waals surface area contributed by atoms with Gasteiger partial charge in [-0.25, -0.2) is 4.72 Å². The first kappa shape index (κ1) is 29.2. The van der Waals surface area contributed by atoms with E-state index in [0.29, 0.717) is 42.7 Å². The average molecular weight is 590 g/mol. The third kappa shape index (κ3) is 6.59. The largest absolute Gasteiger partial charge is 0.487 e. The first-order valence-corrected chi connectivity index (χ1v) is 16.4. The molecule has 1 fully saturated rings. The summed E-state index contributed by atoms with van der Waals surface area (Å²) in [6.07, 6.45) is 6.47. The van der Waals surface area contributed by atoms with Gasteiger partial charge in [0.25, 0.3) is 5.91 Å². The summed E-state index contributed by atoms with van der Waals surface area (Å²) >= 11 is 6.29. The SMILES string of the molecule is CCN1CCCCC(O)[C@@H]2CC[C@H]2CN2CCCCc3cc(Cl)ccc3COc3ccc(cc32)C(=O)NS1(=O)=O. The van der Waals surface area contributed by atoms with Gasteiger partial charge in [-0.15, -0.1) is 0 Å². The summed E-state index contributed by atoms with van der Waals surface area (Å²) in [6, 6.07) is 11.0. The second-order valence-electron chi connectivity index (χ2n) is 11.3. The summed E-state index contributed by atoms with van der Waals surface area (Å²) in [5.41, 5.74) is 3.30. The molecule has 3 aliphatic rings. The van der Waals surface area contributed by atoms with Gasteiger partial charge in [-0.3, -0.25) is 4.79 Å². The standard InChI is InChI=1S/C30H40ClN3O5S/c1-2-34-16-6-4-8-28(35)26-13-10-23(26)19-33-15-5-3-7-21-17-25(31)12-9-24(21)20-39-29-14-11-22(18-27(29)33)30(36)32-40(34,37)38/h9,11-12,14,17-18,23,26,28,35H,2-8,10,13,15-16,19-20H2,1H3,(H,32,36)/t23-,26+,28?/m0/s1. The fraction of sp³-hybridized carbons (Fsp3) is 0.567. The van der Waals surface area contributed by atoms with Gasteiger partial charge >= 0.3 is 10.2 Å². The van der Waals surface area contributed by atoms with Crippen LogP contribution in [0, 0.1) is 11.8 Å². The molecule has 2 heterocycles. The Hall–Kier alpha value is -2.33. The van der Waals surface area contributed by atoms with Crippen molar-refractivity contribution in [2.45, 2.75) is 71.0 Å². The Morgan fingerprint density at radius 2 is 1.85 bits per heavy atom. The number of aliphatic hydroxyl groups excluding tert-OH is 1. The third-order valence-corrected chi connectivity index (χ3v) is 10.5. The lowest BCUT2D eigenvalue weighted by Gasteiger charge is -2.43. The molecule has 10 heteroatoms. The number of carbonyl (C=O) groups excluding carboxylic acids is 1. The molecule has 2 aliphatic heterocycles. The number of halogens is 1. The number of nitrogens with zero attached hydrogens (tertiary/aromatic N) is 2. The molecular weight excluding hydrogens is 550 g/mol. The van der Waals surface area contributed by atoms with Crippen LogP contribution < -0.4 is 14.4 Å². The lowest BCUT2D eigenvalue weighted by atomic mass is 9.69. The molecule has 40 heavy (non-hydrogen) atoms. The zero-order valence-corrected chi connectivity index (χ0v) is 24.7. The van der Waals surface area contributed by atoms with Crippen LogP contribution in [0.15, 0.2) is 36.4 Å². The van der Waals surface area contributed by atoms with Crippen LogP contribution in [0.4, 0.5) is 5.69 Å². The molecule has 2 aromatic rings. The summed E-state index contributed by atoms with van der Waals surface area (Å²) in [7, 11) is -4.01. The number of aryl methyl sites for hydroxylation is 1. The number of hydrogen-bond acceptors (Lipinski definition) is 6. The molecule has 2 N–H and O–H groups in total. The minimum atomic E-state index is -4.01. The molecule has 5 rings (SSSR count). The molecule has 0 aromatic heterocycles. The summed E-state index contributed by atoms with van der Waals surface area (Å²) in [5.74, 6) is 0.565. The van der Waals surface area contributed by atoms with Crippen LogP contribution >= 0.6 is 11.6 Å². The molecule has 0 radical (unpaired) electrons. The van der Waals surface area contributed by atoms with E-state index in [4.69, 9.17) is 16.3 Å². The molecule has 8 nitrogen and oxygen atoms in total. The summed E-state index contributed by atoms with van der Waals surface area (Å²) < 4.78 is 36.1. The van der Waals surface area contributed by atoms with Crippen molar-refractivity contribution in [3.05, 3.63) is 58.1 Å². The number of amides is 1. The highest BCUT2D eigenvalue weighted by atomic mass is 35.5. The van der Waals surface area contributed by atoms with Crippen LogP contribution in [0.25, 0.3) is 0 Å². The number of anilines is 1. The van der Waals surface area contributed by atoms with Crippen molar-refractivity contribution >= 4 is 33.4 Å². The Morgan fingerprint density at radius 3 is 2.62 bits per heavy atom. The molecule has 0 saturated heterocycles. The lowest BCUT2D eigenvalue weighted by molar-refractivity contribution is 0.00928. The minimum Gasteiger partial charge on any atom is -0.487 e. The highest BCUT2D eigenvalue weighted by Gasteiger charge is 2.37. The van der Waals surface area contributed by atoms with Crippen molar-refractivity contribution in [2.75, 3.05) is 31.1 Å². The predicted molar refractivity (Wildman–Crippen MR) is 157 cm³/mol. The number of benzene rings is 2. The van der Waals surface area contributed by atoms with Crippen LogP contribution in [-0.4, -0.2) is 56.0 Å². The molecule has 0 spiro atoms. The molecule has 1 aliphatic carbocycles. The van der Waals surface area contributed by atoms with Crippen molar-refractivity contribution in [3.63, 3.8) is 0 Å². The molecule has 3 atom stereocenters. The normalized spacial score (nSPS) is 26.2. The van der Waals surface area contributed by atoms with Crippen LogP contribution in [0.1, 0.15) is 73.4 Å². The zero-order valence-electron chi connectivity index (χ0n) is 23.1. The maximum atomic E-state index is 13.2. The van der Waals surface area contributed by atoms with Crippen LogP contribution in [0.5, 0.6) is 5.75 Å². The monoisotopic (exact) mass is 589 g/mol.